The van der Waals surface area contributed by atoms with Crippen LogP contribution in [0.15, 0.2) is 83.7 Å². The molecule has 0 saturated carbocycles. The van der Waals surface area contributed by atoms with E-state index < -0.39 is 0 Å². The molecule has 158 valence electrons. The van der Waals surface area contributed by atoms with Crippen LogP contribution in [0.1, 0.15) is 30.8 Å². The number of hydrogen-bond donors (Lipinski definition) is 0. The Morgan fingerprint density at radius 2 is 1.56 bits per heavy atom. The number of aromatic nitrogens is 2. The van der Waals surface area contributed by atoms with Gasteiger partial charge in [-0.25, -0.2) is 4.98 Å². The van der Waals surface area contributed by atoms with E-state index in [0.717, 1.165) is 16.8 Å². The van der Waals surface area contributed by atoms with Crippen LogP contribution in [-0.2, 0) is 11.3 Å². The predicted octanol–water partition coefficient (Wildman–Crippen LogP) is 4.74. The molecule has 1 aliphatic rings. The van der Waals surface area contributed by atoms with Crippen molar-refractivity contribution in [1.29, 1.82) is 0 Å². The summed E-state index contributed by atoms with van der Waals surface area (Å²) in [6.07, 6.45) is 1.76. The molecule has 0 fully saturated rings. The average Bonchev–Trinajstić information content (AvgIpc) is 3.08. The summed E-state index contributed by atoms with van der Waals surface area (Å²) < 4.78 is 1.65. The summed E-state index contributed by atoms with van der Waals surface area (Å²) >= 11 is 0. The number of nitrogens with zero attached hydrogens (tertiary/aromatic N) is 3. The number of anilines is 1. The molecule has 4 aromatic rings. The van der Waals surface area contributed by atoms with Crippen LogP contribution in [0.5, 0.6) is 0 Å². The van der Waals surface area contributed by atoms with Crippen LogP contribution < -0.4 is 10.5 Å². The monoisotopic (exact) mass is 421 g/mol. The highest BCUT2D eigenvalue weighted by molar-refractivity contribution is 6.35. The molecule has 5 rings (SSSR count). The van der Waals surface area contributed by atoms with Gasteiger partial charge >= 0.3 is 0 Å². The molecular weight excluding hydrogens is 398 g/mol. The second-order valence-corrected chi connectivity index (χ2v) is 8.21. The van der Waals surface area contributed by atoms with Gasteiger partial charge in [-0.1, -0.05) is 60.7 Å². The lowest BCUT2D eigenvalue weighted by Crippen LogP contribution is -2.33. The van der Waals surface area contributed by atoms with E-state index >= 15 is 0 Å². The van der Waals surface area contributed by atoms with E-state index in [0.29, 0.717) is 28.8 Å². The van der Waals surface area contributed by atoms with Crippen LogP contribution in [-0.4, -0.2) is 21.5 Å². The van der Waals surface area contributed by atoms with Crippen molar-refractivity contribution in [3.63, 3.8) is 0 Å². The summed E-state index contributed by atoms with van der Waals surface area (Å²) in [7, 11) is 0. The minimum absolute atomic E-state index is 0.0191. The minimum Gasteiger partial charge on any atom is -0.305 e. The molecule has 0 N–H and O–H groups in total. The number of hydrogen-bond acceptors (Lipinski definition) is 3. The first-order chi connectivity index (χ1) is 15.5. The first-order valence-corrected chi connectivity index (χ1v) is 10.7. The number of carbonyl (C=O) groups excluding carboxylic acids is 1. The van der Waals surface area contributed by atoms with E-state index in [1.807, 2.05) is 86.6 Å². The van der Waals surface area contributed by atoms with Gasteiger partial charge in [0.15, 0.2) is 0 Å². The lowest BCUT2D eigenvalue weighted by molar-refractivity contribution is -0.113. The van der Waals surface area contributed by atoms with Crippen molar-refractivity contribution in [1.82, 2.24) is 9.55 Å². The Kier molecular flexibility index (Phi) is 4.94. The quantitative estimate of drug-likeness (QED) is 0.447. The van der Waals surface area contributed by atoms with Gasteiger partial charge in [0, 0.05) is 11.6 Å². The molecule has 0 aliphatic carbocycles. The summed E-state index contributed by atoms with van der Waals surface area (Å²) in [6, 6.07) is 24.9. The molecule has 2 heterocycles. The van der Waals surface area contributed by atoms with Crippen LogP contribution in [0, 0.1) is 0 Å². The molecule has 1 aliphatic heterocycles. The number of benzene rings is 3. The number of fused-ring (bicyclic) bond motifs is 2. The second kappa shape index (κ2) is 7.93. The Morgan fingerprint density at radius 1 is 0.875 bits per heavy atom. The van der Waals surface area contributed by atoms with E-state index in [9.17, 15) is 9.59 Å². The van der Waals surface area contributed by atoms with Crippen molar-refractivity contribution < 1.29 is 4.79 Å². The molecule has 0 unspecified atom stereocenters. The Balaban J connectivity index is 1.74. The van der Waals surface area contributed by atoms with Crippen molar-refractivity contribution in [3.05, 3.63) is 106 Å². The van der Waals surface area contributed by atoms with Crippen LogP contribution in [0.2, 0.25) is 0 Å². The third-order valence-electron chi connectivity index (χ3n) is 5.77. The van der Waals surface area contributed by atoms with Crippen molar-refractivity contribution in [3.8, 4) is 0 Å². The molecule has 0 atom stereocenters. The number of carbonyl (C=O) groups is 1. The van der Waals surface area contributed by atoms with E-state index in [4.69, 9.17) is 4.98 Å². The van der Waals surface area contributed by atoms with E-state index in [-0.39, 0.29) is 17.5 Å². The lowest BCUT2D eigenvalue weighted by atomic mass is 10.1. The Morgan fingerprint density at radius 3 is 2.34 bits per heavy atom. The highest BCUT2D eigenvalue weighted by atomic mass is 16.2. The molecule has 0 spiro atoms. The smallest absolute Gasteiger partial charge is 0.261 e. The summed E-state index contributed by atoms with van der Waals surface area (Å²) in [6.45, 7) is 4.37. The first kappa shape index (κ1) is 19.9. The van der Waals surface area contributed by atoms with Gasteiger partial charge in [-0.05, 0) is 43.7 Å². The second-order valence-electron chi connectivity index (χ2n) is 8.21. The molecule has 5 heteroatoms. The summed E-state index contributed by atoms with van der Waals surface area (Å²) in [5.74, 6) is 0.399. The third kappa shape index (κ3) is 3.32. The Labute approximate surface area is 186 Å². The van der Waals surface area contributed by atoms with E-state index in [1.165, 1.54) is 0 Å². The molecule has 0 bridgehead atoms. The van der Waals surface area contributed by atoms with Crippen LogP contribution >= 0.6 is 0 Å². The van der Waals surface area contributed by atoms with E-state index in [2.05, 4.69) is 0 Å². The third-order valence-corrected chi connectivity index (χ3v) is 5.77. The molecule has 0 saturated heterocycles. The number of rotatable bonds is 4. The fourth-order valence-electron chi connectivity index (χ4n) is 4.26. The standard InChI is InChI=1S/C27H23N3O2/c1-18(2)30-24-15-9-7-12-20(24)22(27(30)32)16-25-28-23-14-8-6-13-21(23)26(31)29(25)17-19-10-4-3-5-11-19/h3-16,18H,17H2,1-2H3. The highest BCUT2D eigenvalue weighted by Gasteiger charge is 2.34. The molecule has 1 amide bonds. The summed E-state index contributed by atoms with van der Waals surface area (Å²) in [5, 5.41) is 0.563. The number of amides is 1. The predicted molar refractivity (Wildman–Crippen MR) is 128 cm³/mol. The van der Waals surface area contributed by atoms with E-state index in [1.54, 1.807) is 21.6 Å². The van der Waals surface area contributed by atoms with Gasteiger partial charge in [0.1, 0.15) is 5.82 Å². The average molecular weight is 422 g/mol. The zero-order valence-corrected chi connectivity index (χ0v) is 18.0. The largest absolute Gasteiger partial charge is 0.305 e. The van der Waals surface area contributed by atoms with Gasteiger partial charge in [-0.3, -0.25) is 14.2 Å². The highest BCUT2D eigenvalue weighted by Crippen LogP contribution is 2.38. The van der Waals surface area contributed by atoms with Crippen LogP contribution in [0.4, 0.5) is 5.69 Å². The summed E-state index contributed by atoms with van der Waals surface area (Å²) in [5.41, 5.74) is 3.79. The molecule has 1 aromatic heterocycles. The maximum atomic E-state index is 13.4. The first-order valence-electron chi connectivity index (χ1n) is 10.7. The zero-order valence-electron chi connectivity index (χ0n) is 18.0. The van der Waals surface area contributed by atoms with Crippen molar-refractivity contribution in [2.45, 2.75) is 26.4 Å². The summed E-state index contributed by atoms with van der Waals surface area (Å²) in [4.78, 5) is 33.4. The maximum absolute atomic E-state index is 13.4. The van der Waals surface area contributed by atoms with Gasteiger partial charge in [-0.15, -0.1) is 0 Å². The van der Waals surface area contributed by atoms with Gasteiger partial charge in [-0.2, -0.15) is 0 Å². The molecule has 0 radical (unpaired) electrons. The fourth-order valence-corrected chi connectivity index (χ4v) is 4.26. The molecule has 5 nitrogen and oxygen atoms in total. The lowest BCUT2D eigenvalue weighted by Gasteiger charge is -2.21. The molecule has 32 heavy (non-hydrogen) atoms. The van der Waals surface area contributed by atoms with Gasteiger partial charge < -0.3 is 4.90 Å². The topological polar surface area (TPSA) is 55.2 Å². The van der Waals surface area contributed by atoms with Gasteiger partial charge in [0.05, 0.1) is 28.7 Å². The Hall–Kier alpha value is -3.99. The normalized spacial score (nSPS) is 14.5. The minimum atomic E-state index is -0.120. The van der Waals surface area contributed by atoms with Crippen molar-refractivity contribution in [2.24, 2.45) is 0 Å². The zero-order chi connectivity index (χ0) is 22.2. The Bertz CT molecular complexity index is 1420. The van der Waals surface area contributed by atoms with Crippen molar-refractivity contribution in [2.75, 3.05) is 4.90 Å². The molecular formula is C27H23N3O2. The van der Waals surface area contributed by atoms with Gasteiger partial charge in [0.25, 0.3) is 11.5 Å². The fraction of sp³-hybridized carbons (Fsp3) is 0.148. The maximum Gasteiger partial charge on any atom is 0.261 e. The molecule has 3 aromatic carbocycles. The van der Waals surface area contributed by atoms with Crippen LogP contribution in [0.3, 0.4) is 0 Å². The SMILES string of the molecule is CC(C)N1C(=O)C(=Cc2nc3ccccc3c(=O)n2Cc2ccccc2)c2ccccc21. The number of para-hydroxylation sites is 2. The van der Waals surface area contributed by atoms with Crippen molar-refractivity contribution >= 4 is 34.1 Å². The van der Waals surface area contributed by atoms with Gasteiger partial charge in [0.2, 0.25) is 0 Å². The van der Waals surface area contributed by atoms with Crippen LogP contribution in [0.25, 0.3) is 22.6 Å².